The van der Waals surface area contributed by atoms with Crippen molar-refractivity contribution >= 4 is 11.5 Å². The van der Waals surface area contributed by atoms with Gasteiger partial charge in [0, 0.05) is 13.1 Å². The molecule has 0 unspecified atom stereocenters. The van der Waals surface area contributed by atoms with E-state index >= 15 is 0 Å². The first-order chi connectivity index (χ1) is 9.84. The van der Waals surface area contributed by atoms with Crippen LogP contribution >= 0.6 is 0 Å². The van der Waals surface area contributed by atoms with Crippen molar-refractivity contribution in [1.29, 1.82) is 0 Å². The fraction of sp³-hybridized carbons (Fsp3) is 0.462. The first-order valence-corrected chi connectivity index (χ1v) is 6.42. The lowest BCUT2D eigenvalue weighted by molar-refractivity contribution is -0.179. The molecule has 0 radical (unpaired) electrons. The van der Waals surface area contributed by atoms with Crippen molar-refractivity contribution in [2.24, 2.45) is 16.8 Å². The zero-order valence-corrected chi connectivity index (χ0v) is 11.1. The minimum Gasteiger partial charge on any atom is -0.409 e. The van der Waals surface area contributed by atoms with E-state index in [-0.39, 0.29) is 31.5 Å². The number of nitrogens with two attached hydrogens (primary N) is 1. The molecule has 116 valence electrons. The summed E-state index contributed by atoms with van der Waals surface area (Å²) in [5.74, 6) is -2.42. The molecule has 1 heterocycles. The molecule has 1 aliphatic heterocycles. The number of rotatable bonds is 2. The van der Waals surface area contributed by atoms with Crippen LogP contribution < -0.4 is 10.6 Å². The molecule has 8 heteroatoms. The summed E-state index contributed by atoms with van der Waals surface area (Å²) >= 11 is 0. The van der Waals surface area contributed by atoms with E-state index in [1.165, 1.54) is 6.07 Å². The molecule has 2 rings (SSSR count). The third-order valence-electron chi connectivity index (χ3n) is 3.65. The summed E-state index contributed by atoms with van der Waals surface area (Å²) < 4.78 is 51.8. The van der Waals surface area contributed by atoms with Gasteiger partial charge in [-0.25, -0.2) is 4.39 Å². The van der Waals surface area contributed by atoms with Gasteiger partial charge in [-0.2, -0.15) is 13.2 Å². The first kappa shape index (κ1) is 15.4. The quantitative estimate of drug-likeness (QED) is 0.290. The summed E-state index contributed by atoms with van der Waals surface area (Å²) in [6.45, 7) is 0.276. The van der Waals surface area contributed by atoms with Gasteiger partial charge in [0.15, 0.2) is 5.84 Å². The number of amidine groups is 1. The molecule has 21 heavy (non-hydrogen) atoms. The normalized spacial score (nSPS) is 18.1. The number of nitrogens with zero attached hydrogens (tertiary/aromatic N) is 2. The van der Waals surface area contributed by atoms with Crippen molar-refractivity contribution in [3.8, 4) is 0 Å². The maximum Gasteiger partial charge on any atom is 0.391 e. The number of hydrogen-bond acceptors (Lipinski definition) is 3. The maximum absolute atomic E-state index is 13.8. The molecule has 0 atom stereocenters. The zero-order chi connectivity index (χ0) is 15.6. The van der Waals surface area contributed by atoms with E-state index in [2.05, 4.69) is 5.16 Å². The monoisotopic (exact) mass is 305 g/mol. The molecule has 0 saturated carbocycles. The molecule has 1 saturated heterocycles. The second-order valence-corrected chi connectivity index (χ2v) is 4.92. The van der Waals surface area contributed by atoms with Crippen molar-refractivity contribution in [1.82, 2.24) is 0 Å². The van der Waals surface area contributed by atoms with Crippen molar-refractivity contribution in [3.05, 3.63) is 29.6 Å². The van der Waals surface area contributed by atoms with Crippen LogP contribution in [0, 0.1) is 11.7 Å². The number of benzene rings is 1. The molecule has 1 fully saturated rings. The molecular weight excluding hydrogens is 290 g/mol. The third-order valence-corrected chi connectivity index (χ3v) is 3.65. The summed E-state index contributed by atoms with van der Waals surface area (Å²) in [6, 6.07) is 4.14. The number of halogens is 4. The van der Waals surface area contributed by atoms with Crippen LogP contribution in [0.15, 0.2) is 23.4 Å². The Morgan fingerprint density at radius 3 is 2.43 bits per heavy atom. The van der Waals surface area contributed by atoms with Crippen LogP contribution in [0.4, 0.5) is 23.2 Å². The Kier molecular flexibility index (Phi) is 4.24. The molecule has 3 N–H and O–H groups in total. The summed E-state index contributed by atoms with van der Waals surface area (Å²) in [4.78, 5) is 1.62. The molecule has 0 bridgehead atoms. The van der Waals surface area contributed by atoms with Gasteiger partial charge in [0.1, 0.15) is 5.82 Å². The number of alkyl halides is 3. The van der Waals surface area contributed by atoms with Crippen molar-refractivity contribution in [2.45, 2.75) is 19.0 Å². The van der Waals surface area contributed by atoms with E-state index in [9.17, 15) is 17.6 Å². The Hall–Kier alpha value is -1.99. The lowest BCUT2D eigenvalue weighted by Gasteiger charge is -2.35. The minimum absolute atomic E-state index is 0.0599. The van der Waals surface area contributed by atoms with Crippen LogP contribution in [0.5, 0.6) is 0 Å². The van der Waals surface area contributed by atoms with Gasteiger partial charge in [-0.3, -0.25) is 0 Å². The first-order valence-electron chi connectivity index (χ1n) is 6.42. The molecule has 1 aliphatic rings. The van der Waals surface area contributed by atoms with E-state index in [4.69, 9.17) is 10.9 Å². The van der Waals surface area contributed by atoms with Crippen LogP contribution in [-0.2, 0) is 0 Å². The Labute approximate surface area is 118 Å². The summed E-state index contributed by atoms with van der Waals surface area (Å²) in [5.41, 5.74) is 5.70. The SMILES string of the molecule is NC(=NO)c1c(F)cccc1N1CCC(C(F)(F)F)CC1. The summed E-state index contributed by atoms with van der Waals surface area (Å²) in [5, 5.41) is 11.5. The van der Waals surface area contributed by atoms with Crippen molar-refractivity contribution in [3.63, 3.8) is 0 Å². The highest BCUT2D eigenvalue weighted by Crippen LogP contribution is 2.36. The largest absolute Gasteiger partial charge is 0.409 e. The van der Waals surface area contributed by atoms with E-state index in [1.807, 2.05) is 0 Å². The maximum atomic E-state index is 13.8. The van der Waals surface area contributed by atoms with Gasteiger partial charge in [0.25, 0.3) is 0 Å². The molecular formula is C13H15F4N3O. The van der Waals surface area contributed by atoms with Gasteiger partial charge < -0.3 is 15.8 Å². The van der Waals surface area contributed by atoms with Crippen LogP contribution in [-0.4, -0.2) is 30.3 Å². The van der Waals surface area contributed by atoms with E-state index in [1.54, 1.807) is 11.0 Å². The van der Waals surface area contributed by atoms with E-state index < -0.39 is 23.7 Å². The Morgan fingerprint density at radius 2 is 1.90 bits per heavy atom. The van der Waals surface area contributed by atoms with Crippen molar-refractivity contribution in [2.75, 3.05) is 18.0 Å². The lowest BCUT2D eigenvalue weighted by Crippen LogP contribution is -2.40. The Morgan fingerprint density at radius 1 is 1.29 bits per heavy atom. The topological polar surface area (TPSA) is 61.9 Å². The van der Waals surface area contributed by atoms with Crippen LogP contribution in [0.25, 0.3) is 0 Å². The number of piperidine rings is 1. The molecule has 0 amide bonds. The second-order valence-electron chi connectivity index (χ2n) is 4.92. The van der Waals surface area contributed by atoms with Crippen LogP contribution in [0.3, 0.4) is 0 Å². The second kappa shape index (κ2) is 5.79. The fourth-order valence-electron chi connectivity index (χ4n) is 2.53. The minimum atomic E-state index is -4.21. The van der Waals surface area contributed by atoms with Crippen LogP contribution in [0.2, 0.25) is 0 Å². The van der Waals surface area contributed by atoms with Gasteiger partial charge in [-0.1, -0.05) is 11.2 Å². The van der Waals surface area contributed by atoms with Gasteiger partial charge >= 0.3 is 6.18 Å². The van der Waals surface area contributed by atoms with Crippen LogP contribution in [0.1, 0.15) is 18.4 Å². The average Bonchev–Trinajstić information content (AvgIpc) is 2.45. The molecule has 1 aromatic carbocycles. The number of hydrogen-bond donors (Lipinski definition) is 2. The van der Waals surface area contributed by atoms with Crippen molar-refractivity contribution < 1.29 is 22.8 Å². The number of anilines is 1. The van der Waals surface area contributed by atoms with E-state index in [0.717, 1.165) is 6.07 Å². The molecule has 1 aromatic rings. The summed E-state index contributed by atoms with van der Waals surface area (Å²) in [6.07, 6.45) is -4.33. The highest BCUT2D eigenvalue weighted by atomic mass is 19.4. The standard InChI is InChI=1S/C13H15F4N3O/c14-9-2-1-3-10(11(9)12(18)19-21)20-6-4-8(5-7-20)13(15,16)17/h1-3,8,21H,4-7H2,(H2,18,19). The van der Waals surface area contributed by atoms with Gasteiger partial charge in [0.05, 0.1) is 17.2 Å². The molecule has 0 aliphatic carbocycles. The highest BCUT2D eigenvalue weighted by molar-refractivity contribution is 6.02. The fourth-order valence-corrected chi connectivity index (χ4v) is 2.53. The smallest absolute Gasteiger partial charge is 0.391 e. The van der Waals surface area contributed by atoms with Gasteiger partial charge in [0.2, 0.25) is 0 Å². The third kappa shape index (κ3) is 3.20. The number of oxime groups is 1. The van der Waals surface area contributed by atoms with E-state index in [0.29, 0.717) is 5.69 Å². The van der Waals surface area contributed by atoms with Gasteiger partial charge in [-0.15, -0.1) is 0 Å². The molecule has 0 aromatic heterocycles. The predicted molar refractivity (Wildman–Crippen MR) is 69.9 cm³/mol. The lowest BCUT2D eigenvalue weighted by atomic mass is 9.95. The Balaban J connectivity index is 2.23. The molecule has 4 nitrogen and oxygen atoms in total. The average molecular weight is 305 g/mol. The van der Waals surface area contributed by atoms with Gasteiger partial charge in [-0.05, 0) is 25.0 Å². The molecule has 0 spiro atoms. The zero-order valence-electron chi connectivity index (χ0n) is 11.1. The Bertz CT molecular complexity index is 537. The summed E-state index contributed by atoms with van der Waals surface area (Å²) in [7, 11) is 0. The highest BCUT2D eigenvalue weighted by Gasteiger charge is 2.41. The predicted octanol–water partition coefficient (Wildman–Crippen LogP) is 2.70.